The lowest BCUT2D eigenvalue weighted by atomic mass is 10.0. The van der Waals surface area contributed by atoms with Crippen molar-refractivity contribution < 1.29 is 4.79 Å². The summed E-state index contributed by atoms with van der Waals surface area (Å²) in [6.45, 7) is 0. The van der Waals surface area contributed by atoms with E-state index in [1.54, 1.807) is 18.2 Å². The van der Waals surface area contributed by atoms with Gasteiger partial charge in [-0.05, 0) is 42.0 Å². The van der Waals surface area contributed by atoms with E-state index in [1.807, 2.05) is 72.1 Å². The summed E-state index contributed by atoms with van der Waals surface area (Å²) in [6.07, 6.45) is 1.92. The van der Waals surface area contributed by atoms with Crippen LogP contribution in [0.4, 0.5) is 5.69 Å². The average molecular weight is 409 g/mol. The van der Waals surface area contributed by atoms with E-state index >= 15 is 0 Å². The van der Waals surface area contributed by atoms with Gasteiger partial charge in [-0.1, -0.05) is 53.5 Å². The molecule has 0 atom stereocenters. The van der Waals surface area contributed by atoms with Crippen molar-refractivity contribution in [3.05, 3.63) is 94.2 Å². The Morgan fingerprint density at radius 3 is 2.36 bits per heavy atom. The predicted molar refractivity (Wildman–Crippen MR) is 117 cm³/mol. The molecule has 0 spiro atoms. The Bertz CT molecular complexity index is 1180. The Morgan fingerprint density at radius 2 is 1.68 bits per heavy atom. The third-order valence-electron chi connectivity index (χ3n) is 4.76. The van der Waals surface area contributed by atoms with Crippen LogP contribution in [0, 0.1) is 0 Å². The highest BCUT2D eigenvalue weighted by atomic mass is 35.5. The number of hydrogen-bond acceptors (Lipinski definition) is 2. The van der Waals surface area contributed by atoms with Crippen LogP contribution in [0.1, 0.15) is 16.1 Å². The molecule has 4 aromatic rings. The molecule has 3 nitrogen and oxygen atoms in total. The number of rotatable bonds is 4. The van der Waals surface area contributed by atoms with E-state index in [-0.39, 0.29) is 5.78 Å². The maximum absolute atomic E-state index is 13.3. The second kappa shape index (κ2) is 7.34. The first-order chi connectivity index (χ1) is 13.5. The summed E-state index contributed by atoms with van der Waals surface area (Å²) in [7, 11) is 3.99. The van der Waals surface area contributed by atoms with Crippen LogP contribution in [0.25, 0.3) is 16.6 Å². The molecule has 0 amide bonds. The van der Waals surface area contributed by atoms with E-state index in [0.29, 0.717) is 21.3 Å². The SMILES string of the molecule is CN(C)c1ccn2c(C(=O)c3ccc(Cl)cc3Cl)cc(-c3ccccc3)c2c1. The van der Waals surface area contributed by atoms with Gasteiger partial charge in [0.15, 0.2) is 0 Å². The maximum Gasteiger partial charge on any atom is 0.211 e. The summed E-state index contributed by atoms with van der Waals surface area (Å²) in [5.74, 6) is -0.142. The Labute approximate surface area is 173 Å². The number of nitrogens with zero attached hydrogens (tertiary/aromatic N) is 2. The second-order valence-electron chi connectivity index (χ2n) is 6.80. The number of carbonyl (C=O) groups excluding carboxylic acids is 1. The molecule has 0 aliphatic carbocycles. The first-order valence-corrected chi connectivity index (χ1v) is 9.59. The van der Waals surface area contributed by atoms with Gasteiger partial charge >= 0.3 is 0 Å². The number of ketones is 1. The summed E-state index contributed by atoms with van der Waals surface area (Å²) in [5.41, 5.74) is 5.07. The van der Waals surface area contributed by atoms with Crippen LogP contribution in [-0.4, -0.2) is 24.3 Å². The summed E-state index contributed by atoms with van der Waals surface area (Å²) in [6, 6.07) is 21.0. The fraction of sp³-hybridized carbons (Fsp3) is 0.0870. The van der Waals surface area contributed by atoms with Crippen LogP contribution in [-0.2, 0) is 0 Å². The monoisotopic (exact) mass is 408 g/mol. The first kappa shape index (κ1) is 18.6. The van der Waals surface area contributed by atoms with E-state index in [2.05, 4.69) is 6.07 Å². The third-order valence-corrected chi connectivity index (χ3v) is 5.31. The van der Waals surface area contributed by atoms with Gasteiger partial charge in [0, 0.05) is 42.1 Å². The zero-order chi connectivity index (χ0) is 19.8. The average Bonchev–Trinajstić information content (AvgIpc) is 3.07. The van der Waals surface area contributed by atoms with Crippen molar-refractivity contribution in [1.29, 1.82) is 0 Å². The van der Waals surface area contributed by atoms with Crippen molar-refractivity contribution in [3.8, 4) is 11.1 Å². The van der Waals surface area contributed by atoms with E-state index in [0.717, 1.165) is 22.3 Å². The topological polar surface area (TPSA) is 24.7 Å². The minimum atomic E-state index is -0.142. The van der Waals surface area contributed by atoms with Gasteiger partial charge in [-0.3, -0.25) is 4.79 Å². The highest BCUT2D eigenvalue weighted by molar-refractivity contribution is 6.37. The number of anilines is 1. The fourth-order valence-electron chi connectivity index (χ4n) is 3.30. The summed E-state index contributed by atoms with van der Waals surface area (Å²) in [4.78, 5) is 15.3. The number of benzene rings is 2. The molecule has 4 rings (SSSR count). The summed E-state index contributed by atoms with van der Waals surface area (Å²) < 4.78 is 1.92. The molecule has 0 radical (unpaired) electrons. The van der Waals surface area contributed by atoms with Gasteiger partial charge in [-0.15, -0.1) is 0 Å². The van der Waals surface area contributed by atoms with Gasteiger partial charge in [-0.25, -0.2) is 0 Å². The van der Waals surface area contributed by atoms with Gasteiger partial charge in [0.2, 0.25) is 5.78 Å². The van der Waals surface area contributed by atoms with E-state index in [9.17, 15) is 4.79 Å². The van der Waals surface area contributed by atoms with Crippen LogP contribution in [0.5, 0.6) is 0 Å². The van der Waals surface area contributed by atoms with E-state index in [1.165, 1.54) is 0 Å². The minimum absolute atomic E-state index is 0.142. The standard InChI is InChI=1S/C23H18Cl2N2O/c1-26(2)17-10-11-27-21(13-17)19(15-6-4-3-5-7-15)14-22(27)23(28)18-9-8-16(24)12-20(18)25/h3-14H,1-2H3. The highest BCUT2D eigenvalue weighted by Crippen LogP contribution is 2.32. The molecule has 0 aliphatic heterocycles. The normalized spacial score (nSPS) is 11.0. The Balaban J connectivity index is 1.95. The van der Waals surface area contributed by atoms with Crippen molar-refractivity contribution in [2.75, 3.05) is 19.0 Å². The Morgan fingerprint density at radius 1 is 0.929 bits per heavy atom. The summed E-state index contributed by atoms with van der Waals surface area (Å²) >= 11 is 12.3. The zero-order valence-corrected chi connectivity index (χ0v) is 17.0. The number of aromatic nitrogens is 1. The van der Waals surface area contributed by atoms with Gasteiger partial charge in [0.1, 0.15) is 0 Å². The number of fused-ring (bicyclic) bond motifs is 1. The lowest BCUT2D eigenvalue weighted by molar-refractivity contribution is 0.103. The second-order valence-corrected chi connectivity index (χ2v) is 7.64. The van der Waals surface area contributed by atoms with Crippen LogP contribution < -0.4 is 4.90 Å². The Kier molecular flexibility index (Phi) is 4.88. The van der Waals surface area contributed by atoms with Crippen molar-refractivity contribution in [2.24, 2.45) is 0 Å². The quantitative estimate of drug-likeness (QED) is 0.375. The molecule has 0 bridgehead atoms. The number of carbonyl (C=O) groups is 1. The molecule has 0 aliphatic rings. The highest BCUT2D eigenvalue weighted by Gasteiger charge is 2.20. The molecule has 2 aromatic carbocycles. The van der Waals surface area contributed by atoms with Gasteiger partial charge in [-0.2, -0.15) is 0 Å². The molecule has 28 heavy (non-hydrogen) atoms. The lowest BCUT2D eigenvalue weighted by Gasteiger charge is -2.13. The van der Waals surface area contributed by atoms with Crippen molar-refractivity contribution in [2.45, 2.75) is 0 Å². The maximum atomic E-state index is 13.3. The molecule has 5 heteroatoms. The van der Waals surface area contributed by atoms with Crippen molar-refractivity contribution >= 4 is 40.2 Å². The smallest absolute Gasteiger partial charge is 0.211 e. The molecule has 0 saturated heterocycles. The molecule has 0 unspecified atom stereocenters. The van der Waals surface area contributed by atoms with E-state index < -0.39 is 0 Å². The van der Waals surface area contributed by atoms with Crippen molar-refractivity contribution in [3.63, 3.8) is 0 Å². The first-order valence-electron chi connectivity index (χ1n) is 8.83. The number of pyridine rings is 1. The van der Waals surface area contributed by atoms with Crippen LogP contribution in [0.15, 0.2) is 72.9 Å². The van der Waals surface area contributed by atoms with Gasteiger partial charge in [0.05, 0.1) is 16.2 Å². The Hall–Kier alpha value is -2.75. The largest absolute Gasteiger partial charge is 0.378 e. The van der Waals surface area contributed by atoms with E-state index in [4.69, 9.17) is 23.2 Å². The molecular formula is C23H18Cl2N2O. The molecule has 0 N–H and O–H groups in total. The molecule has 2 aromatic heterocycles. The van der Waals surface area contributed by atoms with Crippen LogP contribution in [0.2, 0.25) is 10.0 Å². The van der Waals surface area contributed by atoms with Gasteiger partial charge in [0.25, 0.3) is 0 Å². The zero-order valence-electron chi connectivity index (χ0n) is 15.5. The molecule has 2 heterocycles. The minimum Gasteiger partial charge on any atom is -0.378 e. The molecule has 0 saturated carbocycles. The molecular weight excluding hydrogens is 391 g/mol. The van der Waals surface area contributed by atoms with Crippen LogP contribution in [0.3, 0.4) is 0 Å². The van der Waals surface area contributed by atoms with Crippen molar-refractivity contribution in [1.82, 2.24) is 4.40 Å². The lowest BCUT2D eigenvalue weighted by Crippen LogP contribution is -2.10. The third kappa shape index (κ3) is 3.28. The molecule has 140 valence electrons. The number of halogens is 2. The van der Waals surface area contributed by atoms with Gasteiger partial charge < -0.3 is 9.30 Å². The van der Waals surface area contributed by atoms with Crippen LogP contribution >= 0.6 is 23.2 Å². The fourth-order valence-corrected chi connectivity index (χ4v) is 3.79. The summed E-state index contributed by atoms with van der Waals surface area (Å²) in [5, 5.41) is 0.848. The number of hydrogen-bond donors (Lipinski definition) is 0. The predicted octanol–water partition coefficient (Wildman–Crippen LogP) is 6.21. The molecule has 0 fully saturated rings.